The molecule has 0 saturated heterocycles. The van der Waals surface area contributed by atoms with Crippen LogP contribution in [0.4, 0.5) is 4.39 Å². The minimum atomic E-state index is -0.589. The Balaban J connectivity index is 1.18. The van der Waals surface area contributed by atoms with Crippen LogP contribution in [0.15, 0.2) is 97.3 Å². The number of benzene rings is 5. The zero-order valence-corrected chi connectivity index (χ0v) is 36.5. The van der Waals surface area contributed by atoms with E-state index < -0.39 is 5.82 Å². The monoisotopic (exact) mass is 888 g/mol. The minimum absolute atomic E-state index is 0.0171. The normalized spacial score (nSPS) is 10.9. The van der Waals surface area contributed by atoms with E-state index in [9.17, 15) is 25.1 Å². The predicted octanol–water partition coefficient (Wildman–Crippen LogP) is 10.3. The minimum Gasteiger partial charge on any atom is -0.488 e. The van der Waals surface area contributed by atoms with Crippen molar-refractivity contribution in [3.05, 3.63) is 169 Å². The lowest BCUT2D eigenvalue weighted by Crippen LogP contribution is -2.18. The van der Waals surface area contributed by atoms with Crippen LogP contribution in [0.2, 0.25) is 10.0 Å². The van der Waals surface area contributed by atoms with E-state index in [0.717, 1.165) is 56.5 Å². The summed E-state index contributed by atoms with van der Waals surface area (Å²) < 4.78 is 39.1. The molecule has 0 amide bonds. The molecule has 6 rings (SSSR count). The molecule has 5 aromatic carbocycles. The summed E-state index contributed by atoms with van der Waals surface area (Å²) in [6, 6.07) is 29.3. The Kier molecular flexibility index (Phi) is 16.7. The maximum absolute atomic E-state index is 14.0. The number of aliphatic hydroxyl groups excluding tert-OH is 2. The molecule has 0 aliphatic heterocycles. The van der Waals surface area contributed by atoms with Gasteiger partial charge in [0.1, 0.15) is 67.4 Å². The smallest absolute Gasteiger partial charge is 0.142 e. The Bertz CT molecular complexity index is 2630. The van der Waals surface area contributed by atoms with E-state index in [4.69, 9.17) is 42.1 Å². The van der Waals surface area contributed by atoms with E-state index in [2.05, 4.69) is 42.4 Å². The van der Waals surface area contributed by atoms with Gasteiger partial charge >= 0.3 is 0 Å². The number of hydrogen-bond acceptors (Lipinski definition) is 10. The fourth-order valence-corrected chi connectivity index (χ4v) is 7.46. The molecule has 324 valence electrons. The number of nitriles is 2. The van der Waals surface area contributed by atoms with Crippen LogP contribution in [0, 0.1) is 42.3 Å². The number of nitrogens with one attached hydrogen (secondary N) is 1. The van der Waals surface area contributed by atoms with Crippen molar-refractivity contribution in [2.24, 2.45) is 0 Å². The largest absolute Gasteiger partial charge is 0.488 e. The Hall–Kier alpha value is -6.18. The SMILES string of the molecule is Cc1c(COc2cc(OCc3ccc(F)c(C#N)c3)c(CCCCO)cc2Cl)cccc1-c1cccc(COc2cc(OCc3cncc(C#N)c3)c(CNCCO)cc2Cl)c1C. The van der Waals surface area contributed by atoms with Crippen LogP contribution in [0.3, 0.4) is 0 Å². The molecule has 0 atom stereocenters. The fourth-order valence-electron chi connectivity index (χ4n) is 6.98. The summed E-state index contributed by atoms with van der Waals surface area (Å²) >= 11 is 13.5. The molecule has 63 heavy (non-hydrogen) atoms. The number of hydrogen-bond donors (Lipinski definition) is 3. The van der Waals surface area contributed by atoms with Crippen LogP contribution >= 0.6 is 23.2 Å². The summed E-state index contributed by atoms with van der Waals surface area (Å²) in [5.41, 5.74) is 9.42. The molecule has 6 aromatic rings. The highest BCUT2D eigenvalue weighted by atomic mass is 35.5. The van der Waals surface area contributed by atoms with Crippen molar-refractivity contribution in [3.63, 3.8) is 0 Å². The molecule has 0 aliphatic carbocycles. The number of halogens is 3. The second-order valence-corrected chi connectivity index (χ2v) is 15.6. The van der Waals surface area contributed by atoms with Gasteiger partial charge in [-0.15, -0.1) is 0 Å². The third kappa shape index (κ3) is 12.3. The van der Waals surface area contributed by atoms with Crippen LogP contribution in [-0.4, -0.2) is 35.0 Å². The number of ether oxygens (including phenoxy) is 4. The first-order valence-corrected chi connectivity index (χ1v) is 21.2. The van der Waals surface area contributed by atoms with E-state index in [1.807, 2.05) is 36.4 Å². The second-order valence-electron chi connectivity index (χ2n) is 14.8. The molecule has 0 unspecified atom stereocenters. The lowest BCUT2D eigenvalue weighted by atomic mass is 9.92. The Labute approximate surface area is 377 Å². The molecule has 1 aromatic heterocycles. The highest BCUT2D eigenvalue weighted by Gasteiger charge is 2.17. The van der Waals surface area contributed by atoms with Gasteiger partial charge < -0.3 is 34.5 Å². The average Bonchev–Trinajstić information content (AvgIpc) is 3.29. The standard InChI is InChI=1S/C50H47Cl2FN4O6/c1-32-38(30-62-49-21-47(37(19-44(49)51)7-3-4-15-58)60-28-34-12-13-46(53)40(18-34)24-55)8-5-10-42(32)43-11-6-9-39(33(43)2)31-63-50-22-48(41(20-45(50)52)27-56-14-16-59)61-29-36-17-35(23-54)25-57-26-36/h5-6,8-13,17-22,25-26,56,58-59H,3-4,7,14-16,27-31H2,1-2H3. The van der Waals surface area contributed by atoms with Gasteiger partial charge in [0.05, 0.1) is 27.8 Å². The first-order chi connectivity index (χ1) is 30.6. The number of pyridine rings is 1. The maximum atomic E-state index is 14.0. The lowest BCUT2D eigenvalue weighted by molar-refractivity contribution is 0.280. The number of nitrogens with zero attached hydrogens (tertiary/aromatic N) is 3. The third-order valence-electron chi connectivity index (χ3n) is 10.5. The number of unbranched alkanes of at least 4 members (excludes halogenated alkanes) is 1. The molecule has 3 N–H and O–H groups in total. The molecular formula is C50H47Cl2FN4O6. The van der Waals surface area contributed by atoms with Gasteiger partial charge in [-0.1, -0.05) is 65.7 Å². The molecule has 1 heterocycles. The molecule has 0 radical (unpaired) electrons. The highest BCUT2D eigenvalue weighted by Crippen LogP contribution is 2.38. The molecule has 0 bridgehead atoms. The van der Waals surface area contributed by atoms with Gasteiger partial charge in [-0.25, -0.2) is 4.39 Å². The summed E-state index contributed by atoms with van der Waals surface area (Å²) in [7, 11) is 0. The molecule has 0 spiro atoms. The summed E-state index contributed by atoms with van der Waals surface area (Å²) in [5.74, 6) is 1.37. The van der Waals surface area contributed by atoms with Gasteiger partial charge in [0.15, 0.2) is 0 Å². The van der Waals surface area contributed by atoms with Gasteiger partial charge in [0, 0.05) is 55.3 Å². The molecule has 0 fully saturated rings. The molecule has 0 saturated carbocycles. The van der Waals surface area contributed by atoms with Gasteiger partial charge in [0.25, 0.3) is 0 Å². The first kappa shape index (κ1) is 46.3. The van der Waals surface area contributed by atoms with Gasteiger partial charge in [0.2, 0.25) is 0 Å². The van der Waals surface area contributed by atoms with Crippen molar-refractivity contribution in [1.82, 2.24) is 10.3 Å². The zero-order chi connectivity index (χ0) is 44.7. The summed E-state index contributed by atoms with van der Waals surface area (Å²) in [6.07, 6.45) is 5.10. The van der Waals surface area contributed by atoms with Gasteiger partial charge in [-0.05, 0) is 108 Å². The topological polar surface area (TPSA) is 150 Å². The number of rotatable bonds is 21. The number of aliphatic hydroxyl groups is 2. The summed E-state index contributed by atoms with van der Waals surface area (Å²) in [6.45, 7) is 5.70. The Morgan fingerprint density at radius 1 is 0.635 bits per heavy atom. The van der Waals surface area contributed by atoms with Crippen molar-refractivity contribution < 1.29 is 33.6 Å². The van der Waals surface area contributed by atoms with E-state index in [0.29, 0.717) is 70.1 Å². The van der Waals surface area contributed by atoms with Crippen molar-refractivity contribution in [1.29, 1.82) is 10.5 Å². The summed E-state index contributed by atoms with van der Waals surface area (Å²) in [5, 5.41) is 41.3. The van der Waals surface area contributed by atoms with E-state index in [1.165, 1.54) is 18.3 Å². The number of aryl methyl sites for hydroxylation is 1. The molecule has 10 nitrogen and oxygen atoms in total. The van der Waals surface area contributed by atoms with Crippen molar-refractivity contribution in [3.8, 4) is 46.3 Å². The highest BCUT2D eigenvalue weighted by molar-refractivity contribution is 6.32. The van der Waals surface area contributed by atoms with Crippen LogP contribution < -0.4 is 24.3 Å². The number of aromatic nitrogens is 1. The van der Waals surface area contributed by atoms with E-state index in [1.54, 1.807) is 36.5 Å². The van der Waals surface area contributed by atoms with Crippen molar-refractivity contribution >= 4 is 23.2 Å². The van der Waals surface area contributed by atoms with Crippen molar-refractivity contribution in [2.45, 2.75) is 66.1 Å². The Morgan fingerprint density at radius 3 is 1.84 bits per heavy atom. The molecule has 13 heteroatoms. The van der Waals surface area contributed by atoms with Gasteiger partial charge in [-0.3, -0.25) is 4.98 Å². The van der Waals surface area contributed by atoms with Crippen LogP contribution in [0.1, 0.15) is 68.5 Å². The van der Waals surface area contributed by atoms with Crippen molar-refractivity contribution in [2.75, 3.05) is 19.8 Å². The first-order valence-electron chi connectivity index (χ1n) is 20.4. The maximum Gasteiger partial charge on any atom is 0.142 e. The predicted molar refractivity (Wildman–Crippen MR) is 240 cm³/mol. The second kappa shape index (κ2) is 22.8. The fraction of sp³-hybridized carbons (Fsp3) is 0.260. The van der Waals surface area contributed by atoms with Crippen LogP contribution in [-0.2, 0) is 39.4 Å². The average molecular weight is 890 g/mol. The zero-order valence-electron chi connectivity index (χ0n) is 35.0. The van der Waals surface area contributed by atoms with E-state index >= 15 is 0 Å². The quantitative estimate of drug-likeness (QED) is 0.0596. The van der Waals surface area contributed by atoms with Crippen LogP contribution in [0.25, 0.3) is 11.1 Å². The summed E-state index contributed by atoms with van der Waals surface area (Å²) in [4.78, 5) is 4.13. The molecule has 0 aliphatic rings. The van der Waals surface area contributed by atoms with Crippen LogP contribution in [0.5, 0.6) is 23.0 Å². The molecular weight excluding hydrogens is 842 g/mol. The lowest BCUT2D eigenvalue weighted by Gasteiger charge is -2.19. The van der Waals surface area contributed by atoms with E-state index in [-0.39, 0.29) is 45.2 Å². The third-order valence-corrected chi connectivity index (χ3v) is 11.1. The van der Waals surface area contributed by atoms with Gasteiger partial charge in [-0.2, -0.15) is 10.5 Å². The Morgan fingerprint density at radius 2 is 1.24 bits per heavy atom.